The Morgan fingerprint density at radius 2 is 1.39 bits per heavy atom. The van der Waals surface area contributed by atoms with Gasteiger partial charge in [0.25, 0.3) is 0 Å². The molecule has 0 rings (SSSR count). The summed E-state index contributed by atoms with van der Waals surface area (Å²) >= 11 is 0. The van der Waals surface area contributed by atoms with E-state index >= 15 is 0 Å². The molecular weight excluding hydrogens is 300 g/mol. The first-order valence-electron chi connectivity index (χ1n) is 8.56. The van der Waals surface area contributed by atoms with Crippen LogP contribution in [0, 0.1) is 0 Å². The smallest absolute Gasteiger partial charge is 0.348 e. The highest BCUT2D eigenvalue weighted by Crippen LogP contribution is 2.10. The van der Waals surface area contributed by atoms with Crippen LogP contribution in [0.2, 0.25) is 0 Å². The van der Waals surface area contributed by atoms with Crippen molar-refractivity contribution < 1.29 is 28.6 Å². The maximum absolute atomic E-state index is 11.8. The van der Waals surface area contributed by atoms with Crippen molar-refractivity contribution in [1.29, 1.82) is 0 Å². The summed E-state index contributed by atoms with van der Waals surface area (Å²) in [6.07, 6.45) is 5.02. The number of hydrogen-bond donors (Lipinski definition) is 0. The summed E-state index contributed by atoms with van der Waals surface area (Å²) in [4.78, 5) is 35.1. The van der Waals surface area contributed by atoms with Crippen molar-refractivity contribution in [2.24, 2.45) is 0 Å². The average Bonchev–Trinajstić information content (AvgIpc) is 2.50. The van der Waals surface area contributed by atoms with Crippen LogP contribution in [0.4, 0.5) is 0 Å². The Kier molecular flexibility index (Phi) is 13.1. The van der Waals surface area contributed by atoms with Gasteiger partial charge in [-0.05, 0) is 20.3 Å². The first-order chi connectivity index (χ1) is 11.0. The van der Waals surface area contributed by atoms with Crippen LogP contribution in [0.3, 0.4) is 0 Å². The molecule has 134 valence electrons. The summed E-state index contributed by atoms with van der Waals surface area (Å²) in [7, 11) is 0. The van der Waals surface area contributed by atoms with Crippen LogP contribution in [0.15, 0.2) is 0 Å². The lowest BCUT2D eigenvalue weighted by Crippen LogP contribution is -2.32. The summed E-state index contributed by atoms with van der Waals surface area (Å²) < 4.78 is 14.7. The molecule has 0 aliphatic carbocycles. The summed E-state index contributed by atoms with van der Waals surface area (Å²) in [6, 6.07) is 0. The van der Waals surface area contributed by atoms with Crippen LogP contribution in [-0.2, 0) is 28.6 Å². The molecule has 0 aliphatic rings. The summed E-state index contributed by atoms with van der Waals surface area (Å²) in [5, 5.41) is 0. The minimum atomic E-state index is -1.22. The van der Waals surface area contributed by atoms with Gasteiger partial charge in [-0.2, -0.15) is 0 Å². The minimum absolute atomic E-state index is 0.160. The van der Waals surface area contributed by atoms with Crippen LogP contribution < -0.4 is 0 Å². The van der Waals surface area contributed by atoms with Crippen molar-refractivity contribution in [2.45, 2.75) is 78.2 Å². The summed E-state index contributed by atoms with van der Waals surface area (Å²) in [5.74, 6) is -1.78. The molecule has 1 atom stereocenters. The molecule has 0 amide bonds. The monoisotopic (exact) mass is 330 g/mol. The standard InChI is InChI=1S/C17H30O6/c1-4-7-8-9-10-11-12-15(18)23-14(17(20)22-6-3)13-16(19)21-5-2/h14H,4-13H2,1-3H3/t14-/m1/s1. The van der Waals surface area contributed by atoms with Crippen LogP contribution in [0.25, 0.3) is 0 Å². The molecule has 0 saturated heterocycles. The van der Waals surface area contributed by atoms with Crippen LogP contribution in [0.1, 0.15) is 72.1 Å². The lowest BCUT2D eigenvalue weighted by Gasteiger charge is -2.15. The summed E-state index contributed by atoms with van der Waals surface area (Å²) in [6.45, 7) is 5.84. The third-order valence-electron chi connectivity index (χ3n) is 3.22. The highest BCUT2D eigenvalue weighted by Gasteiger charge is 2.27. The van der Waals surface area contributed by atoms with E-state index < -0.39 is 24.0 Å². The number of ether oxygens (including phenoxy) is 3. The van der Waals surface area contributed by atoms with E-state index in [4.69, 9.17) is 14.2 Å². The molecule has 6 heteroatoms. The molecule has 0 heterocycles. The molecule has 0 N–H and O–H groups in total. The molecule has 23 heavy (non-hydrogen) atoms. The van der Waals surface area contributed by atoms with Crippen molar-refractivity contribution in [3.05, 3.63) is 0 Å². The highest BCUT2D eigenvalue weighted by atomic mass is 16.6. The third-order valence-corrected chi connectivity index (χ3v) is 3.22. The molecule has 0 fully saturated rings. The predicted octanol–water partition coefficient (Wildman–Crippen LogP) is 3.17. The fraction of sp³-hybridized carbons (Fsp3) is 0.824. The Morgan fingerprint density at radius 1 is 0.783 bits per heavy atom. The lowest BCUT2D eigenvalue weighted by molar-refractivity contribution is -0.171. The fourth-order valence-corrected chi connectivity index (χ4v) is 2.05. The molecular formula is C17H30O6. The van der Waals surface area contributed by atoms with Gasteiger partial charge in [0, 0.05) is 6.42 Å². The zero-order valence-electron chi connectivity index (χ0n) is 14.6. The first kappa shape index (κ1) is 21.4. The molecule has 0 aromatic rings. The van der Waals surface area contributed by atoms with Crippen LogP contribution in [0.5, 0.6) is 0 Å². The Bertz CT molecular complexity index is 353. The van der Waals surface area contributed by atoms with Gasteiger partial charge in [0.05, 0.1) is 19.6 Å². The molecule has 0 bridgehead atoms. The molecule has 0 saturated carbocycles. The van der Waals surface area contributed by atoms with Gasteiger partial charge < -0.3 is 14.2 Å². The number of esters is 3. The molecule has 0 aromatic heterocycles. The number of rotatable bonds is 13. The van der Waals surface area contributed by atoms with Crippen molar-refractivity contribution in [3.8, 4) is 0 Å². The van der Waals surface area contributed by atoms with E-state index in [9.17, 15) is 14.4 Å². The second kappa shape index (κ2) is 14.0. The van der Waals surface area contributed by atoms with Crippen molar-refractivity contribution in [1.82, 2.24) is 0 Å². The van der Waals surface area contributed by atoms with Crippen molar-refractivity contribution in [3.63, 3.8) is 0 Å². The highest BCUT2D eigenvalue weighted by molar-refractivity contribution is 5.84. The first-order valence-corrected chi connectivity index (χ1v) is 8.56. The van der Waals surface area contributed by atoms with Gasteiger partial charge in [0.2, 0.25) is 6.10 Å². The maximum atomic E-state index is 11.8. The van der Waals surface area contributed by atoms with Crippen LogP contribution in [-0.4, -0.2) is 37.2 Å². The largest absolute Gasteiger partial charge is 0.466 e. The van der Waals surface area contributed by atoms with Crippen molar-refractivity contribution >= 4 is 17.9 Å². The fourth-order valence-electron chi connectivity index (χ4n) is 2.05. The summed E-state index contributed by atoms with van der Waals surface area (Å²) in [5.41, 5.74) is 0. The van der Waals surface area contributed by atoms with Crippen molar-refractivity contribution in [2.75, 3.05) is 13.2 Å². The number of carbonyl (C=O) groups is 3. The number of hydrogen-bond acceptors (Lipinski definition) is 6. The zero-order valence-corrected chi connectivity index (χ0v) is 14.6. The quantitative estimate of drug-likeness (QED) is 0.293. The van der Waals surface area contributed by atoms with E-state index in [0.717, 1.165) is 19.3 Å². The van der Waals surface area contributed by atoms with E-state index in [0.29, 0.717) is 0 Å². The van der Waals surface area contributed by atoms with E-state index in [1.807, 2.05) is 0 Å². The average molecular weight is 330 g/mol. The van der Waals surface area contributed by atoms with Gasteiger partial charge in [-0.3, -0.25) is 9.59 Å². The van der Waals surface area contributed by atoms with Gasteiger partial charge in [0.15, 0.2) is 0 Å². The molecule has 6 nitrogen and oxygen atoms in total. The third kappa shape index (κ3) is 11.6. The predicted molar refractivity (Wildman–Crippen MR) is 85.8 cm³/mol. The second-order valence-electron chi connectivity index (χ2n) is 5.26. The lowest BCUT2D eigenvalue weighted by atomic mass is 10.1. The minimum Gasteiger partial charge on any atom is -0.466 e. The van der Waals surface area contributed by atoms with E-state index in [2.05, 4.69) is 6.92 Å². The van der Waals surface area contributed by atoms with Gasteiger partial charge in [-0.15, -0.1) is 0 Å². The zero-order chi connectivity index (χ0) is 17.5. The molecule has 0 unspecified atom stereocenters. The van der Waals surface area contributed by atoms with Crippen LogP contribution >= 0.6 is 0 Å². The number of carbonyl (C=O) groups excluding carboxylic acids is 3. The Balaban J connectivity index is 4.21. The Morgan fingerprint density at radius 3 is 2.00 bits per heavy atom. The SMILES string of the molecule is CCCCCCCCC(=O)O[C@H](CC(=O)OCC)C(=O)OCC. The molecule has 0 spiro atoms. The van der Waals surface area contributed by atoms with Gasteiger partial charge >= 0.3 is 17.9 Å². The molecule has 0 radical (unpaired) electrons. The van der Waals surface area contributed by atoms with E-state index in [1.165, 1.54) is 19.3 Å². The topological polar surface area (TPSA) is 78.9 Å². The van der Waals surface area contributed by atoms with Gasteiger partial charge in [0.1, 0.15) is 0 Å². The number of unbranched alkanes of at least 4 members (excludes halogenated alkanes) is 5. The Labute approximate surface area is 138 Å². The molecule has 0 aliphatic heterocycles. The second-order valence-corrected chi connectivity index (χ2v) is 5.26. The normalized spacial score (nSPS) is 11.6. The maximum Gasteiger partial charge on any atom is 0.348 e. The Hall–Kier alpha value is -1.59. The van der Waals surface area contributed by atoms with E-state index in [1.54, 1.807) is 13.8 Å². The molecule has 0 aromatic carbocycles. The van der Waals surface area contributed by atoms with Gasteiger partial charge in [-0.25, -0.2) is 4.79 Å². The van der Waals surface area contributed by atoms with Gasteiger partial charge in [-0.1, -0.05) is 39.0 Å². The van der Waals surface area contributed by atoms with E-state index in [-0.39, 0.29) is 26.1 Å².